The monoisotopic (exact) mass is 350 g/mol. The Bertz CT molecular complexity index is 683. The number of carbonyl (C=O) groups excluding carboxylic acids is 1. The van der Waals surface area contributed by atoms with Gasteiger partial charge in [-0.1, -0.05) is 12.1 Å². The summed E-state index contributed by atoms with van der Waals surface area (Å²) in [5, 5.41) is 3.81. The SMILES string of the molecule is O=C(N/N=C\c1ccc(Br)o1)C1COc2ccccc2O1. The predicted octanol–water partition coefficient (Wildman–Crippen LogP) is 2.33. The fourth-order valence-corrected chi connectivity index (χ4v) is 2.10. The van der Waals surface area contributed by atoms with Crippen molar-refractivity contribution in [1.82, 2.24) is 5.43 Å². The molecule has 0 saturated heterocycles. The number of nitrogens with one attached hydrogen (secondary N) is 1. The number of amides is 1. The molecule has 0 aliphatic carbocycles. The van der Waals surface area contributed by atoms with Gasteiger partial charge < -0.3 is 13.9 Å². The third-order valence-electron chi connectivity index (χ3n) is 2.76. The number of fused-ring (bicyclic) bond motifs is 1. The minimum atomic E-state index is -0.736. The molecule has 108 valence electrons. The maximum Gasteiger partial charge on any atom is 0.284 e. The molecule has 6 nitrogen and oxygen atoms in total. The molecule has 1 aliphatic rings. The van der Waals surface area contributed by atoms with Crippen LogP contribution in [0.15, 0.2) is 50.6 Å². The summed E-state index contributed by atoms with van der Waals surface area (Å²) in [6.07, 6.45) is 0.667. The Balaban J connectivity index is 1.58. The second-order valence-corrected chi connectivity index (χ2v) is 5.02. The van der Waals surface area contributed by atoms with Gasteiger partial charge in [-0.2, -0.15) is 5.10 Å². The molecular weight excluding hydrogens is 340 g/mol. The summed E-state index contributed by atoms with van der Waals surface area (Å²) in [5.41, 5.74) is 2.39. The number of nitrogens with zero attached hydrogens (tertiary/aromatic N) is 1. The van der Waals surface area contributed by atoms with E-state index < -0.39 is 6.10 Å². The van der Waals surface area contributed by atoms with Crippen LogP contribution in [0.3, 0.4) is 0 Å². The van der Waals surface area contributed by atoms with Crippen LogP contribution in [-0.4, -0.2) is 24.8 Å². The lowest BCUT2D eigenvalue weighted by atomic mass is 10.2. The minimum absolute atomic E-state index is 0.144. The number of halogens is 1. The summed E-state index contributed by atoms with van der Waals surface area (Å²) in [5.74, 6) is 1.31. The van der Waals surface area contributed by atoms with Gasteiger partial charge in [0.25, 0.3) is 5.91 Å². The van der Waals surface area contributed by atoms with E-state index >= 15 is 0 Å². The third-order valence-corrected chi connectivity index (χ3v) is 3.19. The van der Waals surface area contributed by atoms with Crippen LogP contribution in [0.4, 0.5) is 0 Å². The fraction of sp³-hybridized carbons (Fsp3) is 0.143. The van der Waals surface area contributed by atoms with Gasteiger partial charge in [-0.05, 0) is 40.2 Å². The largest absolute Gasteiger partial charge is 0.485 e. The zero-order valence-corrected chi connectivity index (χ0v) is 12.4. The molecule has 1 aliphatic heterocycles. The number of hydrazone groups is 1. The highest BCUT2D eigenvalue weighted by Crippen LogP contribution is 2.30. The van der Waals surface area contributed by atoms with E-state index in [0.29, 0.717) is 21.9 Å². The van der Waals surface area contributed by atoms with E-state index in [1.807, 2.05) is 12.1 Å². The standard InChI is InChI=1S/C14H11BrN2O4/c15-13-6-5-9(20-13)7-16-17-14(18)12-8-19-10-3-1-2-4-11(10)21-12/h1-7,12H,8H2,(H,17,18)/b16-7-. The van der Waals surface area contributed by atoms with Crippen molar-refractivity contribution in [2.75, 3.05) is 6.61 Å². The molecule has 1 aromatic carbocycles. The van der Waals surface area contributed by atoms with E-state index in [9.17, 15) is 4.79 Å². The molecule has 0 radical (unpaired) electrons. The smallest absolute Gasteiger partial charge is 0.284 e. The summed E-state index contributed by atoms with van der Waals surface area (Å²) in [6.45, 7) is 0.144. The van der Waals surface area contributed by atoms with Gasteiger partial charge in [-0.15, -0.1) is 0 Å². The maximum absolute atomic E-state index is 11.9. The van der Waals surface area contributed by atoms with Crippen molar-refractivity contribution in [3.05, 3.63) is 46.8 Å². The van der Waals surface area contributed by atoms with Crippen LogP contribution < -0.4 is 14.9 Å². The molecule has 2 heterocycles. The zero-order chi connectivity index (χ0) is 14.7. The van der Waals surface area contributed by atoms with Crippen molar-refractivity contribution in [2.45, 2.75) is 6.10 Å². The zero-order valence-electron chi connectivity index (χ0n) is 10.8. The Hall–Kier alpha value is -2.28. The first-order valence-electron chi connectivity index (χ1n) is 6.19. The van der Waals surface area contributed by atoms with E-state index in [4.69, 9.17) is 13.9 Å². The van der Waals surface area contributed by atoms with Gasteiger partial charge in [0, 0.05) is 0 Å². The van der Waals surface area contributed by atoms with Crippen LogP contribution in [-0.2, 0) is 4.79 Å². The van der Waals surface area contributed by atoms with Crippen LogP contribution in [0.5, 0.6) is 11.5 Å². The van der Waals surface area contributed by atoms with Crippen molar-refractivity contribution < 1.29 is 18.7 Å². The number of rotatable bonds is 3. The second-order valence-electron chi connectivity index (χ2n) is 4.24. The summed E-state index contributed by atoms with van der Waals surface area (Å²) in [6, 6.07) is 10.6. The Morgan fingerprint density at radius 1 is 1.29 bits per heavy atom. The lowest BCUT2D eigenvalue weighted by Gasteiger charge is -2.24. The highest BCUT2D eigenvalue weighted by atomic mass is 79.9. The maximum atomic E-state index is 11.9. The van der Waals surface area contributed by atoms with Crippen molar-refractivity contribution >= 4 is 28.1 Å². The molecule has 0 fully saturated rings. The van der Waals surface area contributed by atoms with Crippen LogP contribution in [0.25, 0.3) is 0 Å². The Kier molecular flexibility index (Phi) is 3.92. The number of hydrogen-bond acceptors (Lipinski definition) is 5. The van der Waals surface area contributed by atoms with Crippen molar-refractivity contribution in [2.24, 2.45) is 5.10 Å². The van der Waals surface area contributed by atoms with Gasteiger partial charge in [0.1, 0.15) is 12.4 Å². The fourth-order valence-electron chi connectivity index (χ4n) is 1.78. The van der Waals surface area contributed by atoms with E-state index in [-0.39, 0.29) is 12.5 Å². The first-order valence-corrected chi connectivity index (χ1v) is 6.98. The number of ether oxygens (including phenoxy) is 2. The summed E-state index contributed by atoms with van der Waals surface area (Å²) in [7, 11) is 0. The Morgan fingerprint density at radius 3 is 2.86 bits per heavy atom. The van der Waals surface area contributed by atoms with Crippen molar-refractivity contribution in [3.63, 3.8) is 0 Å². The average Bonchev–Trinajstić information content (AvgIpc) is 2.92. The normalized spacial score (nSPS) is 16.9. The van der Waals surface area contributed by atoms with E-state index in [1.165, 1.54) is 6.21 Å². The summed E-state index contributed by atoms with van der Waals surface area (Å²) < 4.78 is 16.8. The van der Waals surface area contributed by atoms with Gasteiger partial charge in [0.2, 0.25) is 6.10 Å². The first-order chi connectivity index (χ1) is 10.2. The number of hydrogen-bond donors (Lipinski definition) is 1. The van der Waals surface area contributed by atoms with Gasteiger partial charge in [-0.25, -0.2) is 5.43 Å². The molecule has 0 saturated carbocycles. The first kappa shape index (κ1) is 13.7. The number of carbonyl (C=O) groups is 1. The highest BCUT2D eigenvalue weighted by molar-refractivity contribution is 9.10. The van der Waals surface area contributed by atoms with Gasteiger partial charge in [0.05, 0.1) is 6.21 Å². The number of benzene rings is 1. The lowest BCUT2D eigenvalue weighted by Crippen LogP contribution is -2.42. The summed E-state index contributed by atoms with van der Waals surface area (Å²) in [4.78, 5) is 11.9. The molecule has 1 atom stereocenters. The topological polar surface area (TPSA) is 73.1 Å². The minimum Gasteiger partial charge on any atom is -0.485 e. The molecule has 1 unspecified atom stereocenters. The average molecular weight is 351 g/mol. The summed E-state index contributed by atoms with van der Waals surface area (Å²) >= 11 is 3.18. The second kappa shape index (κ2) is 6.01. The van der Waals surface area contributed by atoms with E-state index in [1.54, 1.807) is 24.3 Å². The molecule has 1 N–H and O–H groups in total. The molecular formula is C14H11BrN2O4. The third kappa shape index (κ3) is 3.25. The Labute approximate surface area is 128 Å². The van der Waals surface area contributed by atoms with Gasteiger partial charge >= 0.3 is 0 Å². The highest BCUT2D eigenvalue weighted by Gasteiger charge is 2.26. The van der Waals surface area contributed by atoms with E-state index in [2.05, 4.69) is 26.5 Å². The van der Waals surface area contributed by atoms with Crippen LogP contribution >= 0.6 is 15.9 Å². The molecule has 7 heteroatoms. The van der Waals surface area contributed by atoms with Crippen LogP contribution in [0.1, 0.15) is 5.76 Å². The quantitative estimate of drug-likeness (QED) is 0.681. The van der Waals surface area contributed by atoms with Gasteiger partial charge in [0.15, 0.2) is 16.2 Å². The van der Waals surface area contributed by atoms with Crippen molar-refractivity contribution in [1.29, 1.82) is 0 Å². The molecule has 1 aromatic heterocycles. The molecule has 0 spiro atoms. The van der Waals surface area contributed by atoms with Gasteiger partial charge in [-0.3, -0.25) is 4.79 Å². The van der Waals surface area contributed by atoms with Crippen LogP contribution in [0.2, 0.25) is 0 Å². The van der Waals surface area contributed by atoms with Crippen molar-refractivity contribution in [3.8, 4) is 11.5 Å². The molecule has 0 bridgehead atoms. The number of furan rings is 1. The molecule has 1 amide bonds. The van der Waals surface area contributed by atoms with E-state index in [0.717, 1.165) is 0 Å². The Morgan fingerprint density at radius 2 is 2.10 bits per heavy atom. The molecule has 2 aromatic rings. The van der Waals surface area contributed by atoms with Crippen LogP contribution in [0, 0.1) is 0 Å². The molecule has 21 heavy (non-hydrogen) atoms. The molecule has 3 rings (SSSR count). The predicted molar refractivity (Wildman–Crippen MR) is 78.5 cm³/mol. The lowest BCUT2D eigenvalue weighted by molar-refractivity contribution is -0.130. The number of para-hydroxylation sites is 2.